The number of nitrogens with zero attached hydrogens (tertiary/aromatic N) is 2. The molecular formula is C14H18N2S. The fraction of sp³-hybridized carbons (Fsp3) is 0.429. The molecule has 17 heavy (non-hydrogen) atoms. The summed E-state index contributed by atoms with van der Waals surface area (Å²) in [6, 6.07) is 9.01. The number of aryl methyl sites for hydroxylation is 1. The molecule has 0 saturated carbocycles. The molecule has 1 aliphatic heterocycles. The molecule has 0 N–H and O–H groups in total. The van der Waals surface area contributed by atoms with Gasteiger partial charge >= 0.3 is 0 Å². The summed E-state index contributed by atoms with van der Waals surface area (Å²) < 4.78 is 1.42. The predicted octanol–water partition coefficient (Wildman–Crippen LogP) is 2.96. The molecule has 3 rings (SSSR count). The highest BCUT2D eigenvalue weighted by Gasteiger charge is 2.16. The minimum atomic E-state index is 1.14. The zero-order valence-corrected chi connectivity index (χ0v) is 11.3. The third kappa shape index (κ3) is 2.05. The van der Waals surface area contributed by atoms with Crippen LogP contribution in [0.2, 0.25) is 0 Å². The fourth-order valence-corrected chi connectivity index (χ4v) is 3.44. The van der Waals surface area contributed by atoms with Crippen molar-refractivity contribution in [2.24, 2.45) is 0 Å². The molecule has 1 aromatic heterocycles. The van der Waals surface area contributed by atoms with E-state index in [2.05, 4.69) is 48.0 Å². The number of anilines is 1. The van der Waals surface area contributed by atoms with Crippen LogP contribution in [0.5, 0.6) is 0 Å². The Balaban J connectivity index is 1.99. The molecule has 90 valence electrons. The first-order valence-corrected chi connectivity index (χ1v) is 6.98. The Bertz CT molecular complexity index is 524. The van der Waals surface area contributed by atoms with Crippen molar-refractivity contribution in [3.05, 3.63) is 29.1 Å². The average molecular weight is 246 g/mol. The molecule has 0 unspecified atom stereocenters. The summed E-state index contributed by atoms with van der Waals surface area (Å²) in [4.78, 5) is 6.32. The standard InChI is InChI=1S/C14H18N2S/c1-11-10-12-13(4-3-5-14(12)17-11)16-8-6-15(2)7-9-16/h3-5,10H,6-9H2,1-2H3. The Morgan fingerprint density at radius 3 is 2.65 bits per heavy atom. The van der Waals surface area contributed by atoms with Gasteiger partial charge in [-0.25, -0.2) is 0 Å². The van der Waals surface area contributed by atoms with Crippen molar-refractivity contribution in [1.29, 1.82) is 0 Å². The molecule has 1 aromatic carbocycles. The Morgan fingerprint density at radius 1 is 1.12 bits per heavy atom. The molecule has 2 heterocycles. The summed E-state index contributed by atoms with van der Waals surface area (Å²) in [5.41, 5.74) is 1.42. The van der Waals surface area contributed by atoms with E-state index in [0.717, 1.165) is 13.1 Å². The van der Waals surface area contributed by atoms with Gasteiger partial charge in [0.2, 0.25) is 0 Å². The first kappa shape index (κ1) is 11.1. The highest BCUT2D eigenvalue weighted by atomic mass is 32.1. The van der Waals surface area contributed by atoms with Crippen molar-refractivity contribution in [3.8, 4) is 0 Å². The van der Waals surface area contributed by atoms with Gasteiger partial charge in [-0.2, -0.15) is 0 Å². The van der Waals surface area contributed by atoms with Gasteiger partial charge in [-0.05, 0) is 32.2 Å². The van der Waals surface area contributed by atoms with Gasteiger partial charge in [-0.1, -0.05) is 6.07 Å². The number of benzene rings is 1. The van der Waals surface area contributed by atoms with E-state index in [0.29, 0.717) is 0 Å². The van der Waals surface area contributed by atoms with Gasteiger partial charge < -0.3 is 9.80 Å². The van der Waals surface area contributed by atoms with Gasteiger partial charge in [-0.15, -0.1) is 11.3 Å². The Labute approximate surface area is 106 Å². The number of hydrogen-bond acceptors (Lipinski definition) is 3. The van der Waals surface area contributed by atoms with Crippen molar-refractivity contribution < 1.29 is 0 Å². The molecule has 1 saturated heterocycles. The summed E-state index contributed by atoms with van der Waals surface area (Å²) in [6.07, 6.45) is 0. The monoisotopic (exact) mass is 246 g/mol. The molecule has 0 bridgehead atoms. The van der Waals surface area contributed by atoms with Crippen LogP contribution in [0.25, 0.3) is 10.1 Å². The Hall–Kier alpha value is -1.06. The normalized spacial score (nSPS) is 17.9. The van der Waals surface area contributed by atoms with Crippen LogP contribution < -0.4 is 4.90 Å². The van der Waals surface area contributed by atoms with Crippen LogP contribution in [-0.2, 0) is 0 Å². The van der Waals surface area contributed by atoms with Crippen LogP contribution in [0.1, 0.15) is 4.88 Å². The van der Waals surface area contributed by atoms with Crippen molar-refractivity contribution >= 4 is 27.1 Å². The summed E-state index contributed by atoms with van der Waals surface area (Å²) >= 11 is 1.89. The fourth-order valence-electron chi connectivity index (χ4n) is 2.50. The molecule has 0 atom stereocenters. The smallest absolute Gasteiger partial charge is 0.0455 e. The van der Waals surface area contributed by atoms with Gasteiger partial charge in [0.15, 0.2) is 0 Å². The van der Waals surface area contributed by atoms with Crippen LogP contribution in [0.3, 0.4) is 0 Å². The topological polar surface area (TPSA) is 6.48 Å². The number of hydrogen-bond donors (Lipinski definition) is 0. The van der Waals surface area contributed by atoms with Crippen molar-refractivity contribution in [3.63, 3.8) is 0 Å². The quantitative estimate of drug-likeness (QED) is 0.763. The van der Waals surface area contributed by atoms with Gasteiger partial charge in [0.25, 0.3) is 0 Å². The van der Waals surface area contributed by atoms with Gasteiger partial charge in [0, 0.05) is 46.8 Å². The lowest BCUT2D eigenvalue weighted by molar-refractivity contribution is 0.313. The number of piperazine rings is 1. The lowest BCUT2D eigenvalue weighted by atomic mass is 10.2. The molecule has 1 fully saturated rings. The van der Waals surface area contributed by atoms with E-state index in [4.69, 9.17) is 0 Å². The molecule has 0 radical (unpaired) electrons. The van der Waals surface area contributed by atoms with Crippen LogP contribution in [0.4, 0.5) is 5.69 Å². The minimum Gasteiger partial charge on any atom is -0.368 e. The molecule has 0 aliphatic carbocycles. The molecule has 0 amide bonds. The SMILES string of the molecule is Cc1cc2c(N3CCN(C)CC3)cccc2s1. The second-order valence-electron chi connectivity index (χ2n) is 4.84. The van der Waals surface area contributed by atoms with Crippen molar-refractivity contribution in [1.82, 2.24) is 4.90 Å². The molecular weight excluding hydrogens is 228 g/mol. The maximum atomic E-state index is 2.52. The Kier molecular flexibility index (Phi) is 2.81. The zero-order chi connectivity index (χ0) is 11.8. The number of rotatable bonds is 1. The second kappa shape index (κ2) is 4.31. The van der Waals surface area contributed by atoms with E-state index in [9.17, 15) is 0 Å². The maximum absolute atomic E-state index is 2.52. The summed E-state index contributed by atoms with van der Waals surface area (Å²) in [7, 11) is 2.20. The van der Waals surface area contributed by atoms with Gasteiger partial charge in [0.1, 0.15) is 0 Å². The predicted molar refractivity (Wildman–Crippen MR) is 76.3 cm³/mol. The molecule has 2 nitrogen and oxygen atoms in total. The van der Waals surface area contributed by atoms with E-state index in [1.165, 1.54) is 33.7 Å². The average Bonchev–Trinajstić information content (AvgIpc) is 2.70. The Morgan fingerprint density at radius 2 is 1.88 bits per heavy atom. The minimum absolute atomic E-state index is 1.14. The highest BCUT2D eigenvalue weighted by molar-refractivity contribution is 7.19. The zero-order valence-electron chi connectivity index (χ0n) is 10.4. The van der Waals surface area contributed by atoms with Crippen molar-refractivity contribution in [2.75, 3.05) is 38.1 Å². The van der Waals surface area contributed by atoms with Crippen LogP contribution >= 0.6 is 11.3 Å². The lowest BCUT2D eigenvalue weighted by Gasteiger charge is -2.34. The third-order valence-corrected chi connectivity index (χ3v) is 4.52. The summed E-state index contributed by atoms with van der Waals surface area (Å²) in [5.74, 6) is 0. The van der Waals surface area contributed by atoms with Crippen LogP contribution in [0.15, 0.2) is 24.3 Å². The molecule has 0 spiro atoms. The maximum Gasteiger partial charge on any atom is 0.0455 e. The van der Waals surface area contributed by atoms with E-state index < -0.39 is 0 Å². The number of fused-ring (bicyclic) bond motifs is 1. The van der Waals surface area contributed by atoms with Gasteiger partial charge in [0.05, 0.1) is 0 Å². The third-order valence-electron chi connectivity index (χ3n) is 3.51. The first-order chi connectivity index (χ1) is 8.24. The molecule has 1 aliphatic rings. The second-order valence-corrected chi connectivity index (χ2v) is 6.12. The molecule has 2 aromatic rings. The van der Waals surface area contributed by atoms with E-state index >= 15 is 0 Å². The molecule has 3 heteroatoms. The first-order valence-electron chi connectivity index (χ1n) is 6.17. The number of likely N-dealkylation sites (N-methyl/N-ethyl adjacent to an activating group) is 1. The van der Waals surface area contributed by atoms with Crippen LogP contribution in [-0.4, -0.2) is 38.1 Å². The number of thiophene rings is 1. The van der Waals surface area contributed by atoms with E-state index in [1.807, 2.05) is 11.3 Å². The largest absolute Gasteiger partial charge is 0.368 e. The summed E-state index contributed by atoms with van der Waals surface area (Å²) in [6.45, 7) is 6.81. The lowest BCUT2D eigenvalue weighted by Crippen LogP contribution is -2.44. The van der Waals surface area contributed by atoms with Gasteiger partial charge in [-0.3, -0.25) is 0 Å². The van der Waals surface area contributed by atoms with Crippen LogP contribution in [0, 0.1) is 6.92 Å². The van der Waals surface area contributed by atoms with E-state index in [1.54, 1.807) is 0 Å². The van der Waals surface area contributed by atoms with E-state index in [-0.39, 0.29) is 0 Å². The van der Waals surface area contributed by atoms with Crippen molar-refractivity contribution in [2.45, 2.75) is 6.92 Å². The highest BCUT2D eigenvalue weighted by Crippen LogP contribution is 2.33. The summed E-state index contributed by atoms with van der Waals surface area (Å²) in [5, 5.41) is 1.43.